The van der Waals surface area contributed by atoms with E-state index in [4.69, 9.17) is 0 Å². The first-order chi connectivity index (χ1) is 7.58. The van der Waals surface area contributed by atoms with E-state index < -0.39 is 0 Å². The quantitative estimate of drug-likeness (QED) is 0.712. The predicted octanol–water partition coefficient (Wildman–Crippen LogP) is 0.713. The summed E-state index contributed by atoms with van der Waals surface area (Å²) in [6.45, 7) is 0.389. The Morgan fingerprint density at radius 1 is 1.44 bits per heavy atom. The van der Waals surface area contributed by atoms with Crippen LogP contribution in [0.25, 0.3) is 11.2 Å². The average molecular weight is 218 g/mol. The van der Waals surface area contributed by atoms with Crippen molar-refractivity contribution in [1.29, 1.82) is 0 Å². The molecule has 0 aliphatic heterocycles. The molecule has 0 fully saturated rings. The first-order valence-electron chi connectivity index (χ1n) is 5.03. The van der Waals surface area contributed by atoms with Crippen LogP contribution < -0.4 is 0 Å². The van der Waals surface area contributed by atoms with E-state index in [2.05, 4.69) is 9.97 Å². The number of nitrogens with zero attached hydrogens (tertiary/aromatic N) is 4. The first kappa shape index (κ1) is 10.8. The van der Waals surface area contributed by atoms with Gasteiger partial charge in [-0.1, -0.05) is 0 Å². The van der Waals surface area contributed by atoms with Gasteiger partial charge in [-0.3, -0.25) is 4.79 Å². The molecule has 0 N–H and O–H groups in total. The Kier molecular flexibility index (Phi) is 2.70. The van der Waals surface area contributed by atoms with Gasteiger partial charge < -0.3 is 9.47 Å². The summed E-state index contributed by atoms with van der Waals surface area (Å²) >= 11 is 0. The summed E-state index contributed by atoms with van der Waals surface area (Å²) in [4.78, 5) is 22.0. The van der Waals surface area contributed by atoms with E-state index in [9.17, 15) is 4.79 Å². The molecule has 0 saturated carbocycles. The number of aromatic nitrogens is 3. The van der Waals surface area contributed by atoms with Crippen molar-refractivity contribution in [2.75, 3.05) is 20.6 Å². The van der Waals surface area contributed by atoms with E-state index in [0.717, 1.165) is 11.2 Å². The van der Waals surface area contributed by atoms with Gasteiger partial charge in [-0.15, -0.1) is 0 Å². The van der Waals surface area contributed by atoms with Gasteiger partial charge in [-0.2, -0.15) is 0 Å². The number of rotatable bonds is 3. The van der Waals surface area contributed by atoms with Crippen LogP contribution in [0, 0.1) is 0 Å². The third-order valence-electron chi connectivity index (χ3n) is 2.33. The first-order valence-corrected chi connectivity index (χ1v) is 5.03. The molecule has 2 aromatic heterocycles. The molecule has 16 heavy (non-hydrogen) atoms. The van der Waals surface area contributed by atoms with Gasteiger partial charge in [0.1, 0.15) is 5.52 Å². The van der Waals surface area contributed by atoms with Crippen molar-refractivity contribution in [1.82, 2.24) is 19.4 Å². The zero-order chi connectivity index (χ0) is 11.7. The van der Waals surface area contributed by atoms with Crippen LogP contribution in [0.1, 0.15) is 10.4 Å². The molecule has 5 heteroatoms. The molecule has 2 heterocycles. The van der Waals surface area contributed by atoms with Gasteiger partial charge >= 0.3 is 0 Å². The van der Waals surface area contributed by atoms with Gasteiger partial charge in [-0.05, 0) is 20.2 Å². The van der Waals surface area contributed by atoms with Crippen LogP contribution in [0.5, 0.6) is 0 Å². The fraction of sp³-hybridized carbons (Fsp3) is 0.364. The summed E-state index contributed by atoms with van der Waals surface area (Å²) < 4.78 is 1.83. The van der Waals surface area contributed by atoms with Gasteiger partial charge in [0.25, 0.3) is 0 Å². The molecular weight excluding hydrogens is 204 g/mol. The number of imidazole rings is 1. The molecule has 0 aliphatic carbocycles. The van der Waals surface area contributed by atoms with Crippen LogP contribution in [0.4, 0.5) is 0 Å². The molecule has 84 valence electrons. The molecule has 5 nitrogen and oxygen atoms in total. The maximum absolute atomic E-state index is 11.8. The van der Waals surface area contributed by atoms with E-state index in [1.165, 1.54) is 0 Å². The molecule has 0 radical (unpaired) electrons. The summed E-state index contributed by atoms with van der Waals surface area (Å²) in [7, 11) is 5.61. The highest BCUT2D eigenvalue weighted by Gasteiger charge is 2.10. The van der Waals surface area contributed by atoms with Gasteiger partial charge in [0.05, 0.1) is 12.9 Å². The molecule has 0 aromatic carbocycles. The fourth-order valence-electron chi connectivity index (χ4n) is 1.55. The average Bonchev–Trinajstić information content (AvgIpc) is 2.59. The Morgan fingerprint density at radius 3 is 2.88 bits per heavy atom. The highest BCUT2D eigenvalue weighted by molar-refractivity contribution is 5.99. The molecule has 0 bridgehead atoms. The molecule has 0 atom stereocenters. The third-order valence-corrected chi connectivity index (χ3v) is 2.33. The molecule has 2 aromatic rings. The Hall–Kier alpha value is -1.75. The fourth-order valence-corrected chi connectivity index (χ4v) is 1.55. The van der Waals surface area contributed by atoms with Crippen LogP contribution >= 0.6 is 0 Å². The smallest absolute Gasteiger partial charge is 0.178 e. The maximum Gasteiger partial charge on any atom is 0.178 e. The Balaban J connectivity index is 2.36. The molecular formula is C11H14N4O. The molecule has 0 saturated heterocycles. The number of fused-ring (bicyclic) bond motifs is 1. The second-order valence-corrected chi connectivity index (χ2v) is 4.08. The van der Waals surface area contributed by atoms with E-state index in [-0.39, 0.29) is 5.78 Å². The topological polar surface area (TPSA) is 51.0 Å². The van der Waals surface area contributed by atoms with Crippen LogP contribution in [0.15, 0.2) is 18.6 Å². The molecule has 0 spiro atoms. The SMILES string of the molecule is CN(C)CC(=O)c1cnc2c(c1)ncn2C. The Bertz CT molecular complexity index is 530. The molecule has 0 unspecified atom stereocenters. The largest absolute Gasteiger partial charge is 0.318 e. The number of carbonyl (C=O) groups excluding carboxylic acids is 1. The van der Waals surface area contributed by atoms with Crippen molar-refractivity contribution in [2.45, 2.75) is 0 Å². The lowest BCUT2D eigenvalue weighted by atomic mass is 10.2. The van der Waals surface area contributed by atoms with Crippen molar-refractivity contribution in [3.63, 3.8) is 0 Å². The van der Waals surface area contributed by atoms with Gasteiger partial charge in [0.2, 0.25) is 0 Å². The Morgan fingerprint density at radius 2 is 2.19 bits per heavy atom. The lowest BCUT2D eigenvalue weighted by molar-refractivity contribution is 0.0957. The number of carbonyl (C=O) groups is 1. The second kappa shape index (κ2) is 4.02. The number of hydrogen-bond donors (Lipinski definition) is 0. The van der Waals surface area contributed by atoms with Gasteiger partial charge in [0, 0.05) is 18.8 Å². The lowest BCUT2D eigenvalue weighted by Gasteiger charge is -2.07. The zero-order valence-corrected chi connectivity index (χ0v) is 9.64. The number of Topliss-reactive ketones (excluding diaryl/α,β-unsaturated/α-hetero) is 1. The van der Waals surface area contributed by atoms with Gasteiger partial charge in [-0.25, -0.2) is 9.97 Å². The van der Waals surface area contributed by atoms with Crippen molar-refractivity contribution >= 4 is 16.9 Å². The van der Waals surface area contributed by atoms with Crippen molar-refractivity contribution < 1.29 is 4.79 Å². The van der Waals surface area contributed by atoms with Crippen LogP contribution in [0.3, 0.4) is 0 Å². The van der Waals surface area contributed by atoms with Crippen molar-refractivity contribution in [3.8, 4) is 0 Å². The highest BCUT2D eigenvalue weighted by atomic mass is 16.1. The number of ketones is 1. The molecule has 0 aliphatic rings. The summed E-state index contributed by atoms with van der Waals surface area (Å²) in [6, 6.07) is 1.79. The summed E-state index contributed by atoms with van der Waals surface area (Å²) in [5.41, 5.74) is 2.16. The van der Waals surface area contributed by atoms with E-state index in [1.54, 1.807) is 18.6 Å². The lowest BCUT2D eigenvalue weighted by Crippen LogP contribution is -2.21. The van der Waals surface area contributed by atoms with Crippen LogP contribution in [-0.4, -0.2) is 45.9 Å². The van der Waals surface area contributed by atoms with Crippen LogP contribution in [-0.2, 0) is 7.05 Å². The molecule has 0 amide bonds. The van der Waals surface area contributed by atoms with Crippen molar-refractivity contribution in [3.05, 3.63) is 24.2 Å². The molecule has 2 rings (SSSR count). The summed E-state index contributed by atoms with van der Waals surface area (Å²) in [5.74, 6) is 0.0602. The predicted molar refractivity (Wildman–Crippen MR) is 61.4 cm³/mol. The Labute approximate surface area is 93.7 Å². The summed E-state index contributed by atoms with van der Waals surface area (Å²) in [6.07, 6.45) is 3.30. The standard InChI is InChI=1S/C11H14N4O/c1-14(2)6-10(16)8-4-9-11(12-5-8)15(3)7-13-9/h4-5,7H,6H2,1-3H3. The number of likely N-dealkylation sites (N-methyl/N-ethyl adjacent to an activating group) is 1. The minimum atomic E-state index is 0.0602. The minimum Gasteiger partial charge on any atom is -0.318 e. The highest BCUT2D eigenvalue weighted by Crippen LogP contribution is 2.11. The monoisotopic (exact) mass is 218 g/mol. The van der Waals surface area contributed by atoms with E-state index in [1.807, 2.05) is 30.6 Å². The maximum atomic E-state index is 11.8. The zero-order valence-electron chi connectivity index (χ0n) is 9.64. The summed E-state index contributed by atoms with van der Waals surface area (Å²) in [5, 5.41) is 0. The number of pyridine rings is 1. The third kappa shape index (κ3) is 1.94. The van der Waals surface area contributed by atoms with E-state index >= 15 is 0 Å². The number of aryl methyl sites for hydroxylation is 1. The second-order valence-electron chi connectivity index (χ2n) is 4.08. The van der Waals surface area contributed by atoms with Gasteiger partial charge in [0.15, 0.2) is 11.4 Å². The van der Waals surface area contributed by atoms with E-state index in [0.29, 0.717) is 12.1 Å². The number of hydrogen-bond acceptors (Lipinski definition) is 4. The minimum absolute atomic E-state index is 0.0602. The normalized spacial score (nSPS) is 11.2. The van der Waals surface area contributed by atoms with Crippen LogP contribution in [0.2, 0.25) is 0 Å². The van der Waals surface area contributed by atoms with Crippen molar-refractivity contribution in [2.24, 2.45) is 7.05 Å².